The number of thiophene rings is 1. The maximum atomic E-state index is 16.0. The van der Waals surface area contributed by atoms with E-state index in [4.69, 9.17) is 19.4 Å². The van der Waals surface area contributed by atoms with Crippen molar-refractivity contribution in [3.05, 3.63) is 87.8 Å². The topological polar surface area (TPSA) is 84.8 Å². The molecule has 0 fully saturated rings. The highest BCUT2D eigenvalue weighted by Crippen LogP contribution is 2.48. The predicted octanol–water partition coefficient (Wildman–Crippen LogP) is 7.11. The first-order chi connectivity index (χ1) is 21.9. The molecular formula is C34H29F2N3O4S2. The van der Waals surface area contributed by atoms with E-state index in [2.05, 4.69) is 6.58 Å². The zero-order chi connectivity index (χ0) is 31.2. The van der Waals surface area contributed by atoms with Crippen LogP contribution in [0.4, 0.5) is 8.78 Å². The third-order valence-electron chi connectivity index (χ3n) is 8.31. The minimum atomic E-state index is -0.780. The normalized spacial score (nSPS) is 15.7. The van der Waals surface area contributed by atoms with Gasteiger partial charge in [-0.1, -0.05) is 18.7 Å². The van der Waals surface area contributed by atoms with Crippen LogP contribution in [0.2, 0.25) is 0 Å². The van der Waals surface area contributed by atoms with E-state index in [1.165, 1.54) is 41.9 Å². The Kier molecular flexibility index (Phi) is 7.95. The summed E-state index contributed by atoms with van der Waals surface area (Å²) in [6.07, 6.45) is 2.82. The molecule has 7 rings (SSSR count). The largest absolute Gasteiger partial charge is 0.490 e. The van der Waals surface area contributed by atoms with Gasteiger partial charge in [-0.15, -0.1) is 22.7 Å². The summed E-state index contributed by atoms with van der Waals surface area (Å²) in [6, 6.07) is 9.99. The summed E-state index contributed by atoms with van der Waals surface area (Å²) in [4.78, 5) is 25.2. The maximum absolute atomic E-state index is 16.0. The SMILES string of the molecule is C=CC(=O)N1CCc2nc(-c3nc(-c4ccc5c(c4)C(O)CC5)c4ccsc4c3-c3c(F)cc(F)cc3OCCOC)sc2C1. The van der Waals surface area contributed by atoms with Gasteiger partial charge < -0.3 is 19.5 Å². The molecule has 4 heterocycles. The van der Waals surface area contributed by atoms with Gasteiger partial charge in [0.1, 0.15) is 34.7 Å². The van der Waals surface area contributed by atoms with Crippen LogP contribution in [0.3, 0.4) is 0 Å². The van der Waals surface area contributed by atoms with Gasteiger partial charge in [0, 0.05) is 58.3 Å². The van der Waals surface area contributed by atoms with Crippen LogP contribution >= 0.6 is 22.7 Å². The number of rotatable bonds is 8. The van der Waals surface area contributed by atoms with Gasteiger partial charge in [-0.25, -0.2) is 18.7 Å². The number of benzene rings is 2. The molecule has 1 atom stereocenters. The Balaban J connectivity index is 1.48. The van der Waals surface area contributed by atoms with E-state index in [-0.39, 0.29) is 30.4 Å². The van der Waals surface area contributed by atoms with Gasteiger partial charge in [0.2, 0.25) is 5.91 Å². The van der Waals surface area contributed by atoms with E-state index in [1.54, 1.807) is 4.90 Å². The fourth-order valence-corrected chi connectivity index (χ4v) is 8.18. The summed E-state index contributed by atoms with van der Waals surface area (Å²) in [7, 11) is 1.53. The molecule has 2 aliphatic rings. The molecule has 11 heteroatoms. The van der Waals surface area contributed by atoms with Crippen molar-refractivity contribution < 1.29 is 28.2 Å². The number of thiazole rings is 1. The lowest BCUT2D eigenvalue weighted by molar-refractivity contribution is -0.126. The number of aryl methyl sites for hydroxylation is 1. The Bertz CT molecular complexity index is 1970. The first kappa shape index (κ1) is 29.7. The Morgan fingerprint density at radius 3 is 2.82 bits per heavy atom. The van der Waals surface area contributed by atoms with Crippen molar-refractivity contribution in [2.45, 2.75) is 31.9 Å². The third kappa shape index (κ3) is 5.33. The minimum absolute atomic E-state index is 0.0415. The Hall–Kier alpha value is -4.03. The second-order valence-electron chi connectivity index (χ2n) is 11.0. The van der Waals surface area contributed by atoms with Gasteiger partial charge in [0.15, 0.2) is 0 Å². The number of pyridine rings is 1. The van der Waals surface area contributed by atoms with Gasteiger partial charge in [-0.3, -0.25) is 4.79 Å². The number of carbonyl (C=O) groups excluding carboxylic acids is 1. The van der Waals surface area contributed by atoms with E-state index in [9.17, 15) is 14.3 Å². The van der Waals surface area contributed by atoms with E-state index in [1.807, 2.05) is 29.6 Å². The molecule has 1 N–H and O–H groups in total. The third-order valence-corrected chi connectivity index (χ3v) is 10.3. The van der Waals surface area contributed by atoms with Gasteiger partial charge in [-0.05, 0) is 47.6 Å². The van der Waals surface area contributed by atoms with E-state index < -0.39 is 17.7 Å². The quantitative estimate of drug-likeness (QED) is 0.143. The second-order valence-corrected chi connectivity index (χ2v) is 13.0. The summed E-state index contributed by atoms with van der Waals surface area (Å²) < 4.78 is 42.3. The van der Waals surface area contributed by atoms with Crippen molar-refractivity contribution in [1.29, 1.82) is 0 Å². The second kappa shape index (κ2) is 12.1. The number of ether oxygens (including phenoxy) is 2. The van der Waals surface area contributed by atoms with E-state index in [0.29, 0.717) is 47.9 Å². The zero-order valence-electron chi connectivity index (χ0n) is 24.4. The molecule has 2 aromatic carbocycles. The number of nitrogens with zero attached hydrogens (tertiary/aromatic N) is 3. The number of hydrogen-bond acceptors (Lipinski definition) is 8. The number of aromatic nitrogens is 2. The van der Waals surface area contributed by atoms with Crippen LogP contribution in [0, 0.1) is 11.6 Å². The van der Waals surface area contributed by atoms with Crippen LogP contribution in [-0.4, -0.2) is 52.7 Å². The van der Waals surface area contributed by atoms with Gasteiger partial charge in [-0.2, -0.15) is 0 Å². The molecule has 5 aromatic rings. The first-order valence-electron chi connectivity index (χ1n) is 14.6. The molecular weight excluding hydrogens is 617 g/mol. The van der Waals surface area contributed by atoms with Crippen molar-refractivity contribution in [3.63, 3.8) is 0 Å². The van der Waals surface area contributed by atoms with Crippen LogP contribution in [0.15, 0.2) is 54.4 Å². The molecule has 1 unspecified atom stereocenters. The van der Waals surface area contributed by atoms with Crippen LogP contribution in [0.1, 0.15) is 34.2 Å². The van der Waals surface area contributed by atoms with E-state index in [0.717, 1.165) is 49.8 Å². The highest BCUT2D eigenvalue weighted by atomic mass is 32.1. The number of aliphatic hydroxyl groups is 1. The molecule has 1 aliphatic carbocycles. The summed E-state index contributed by atoms with van der Waals surface area (Å²) >= 11 is 2.83. The molecule has 0 saturated heterocycles. The molecule has 1 aliphatic heterocycles. The standard InChI is InChI=1S/C34H29F2N3O4S2/c1-3-28(41)39-10-8-24-27(17-39)45-34(37-24)32-30(29-23(36)15-20(35)16-26(29)43-12-11-42-2)33-21(9-13-44-33)31(38-32)19-5-4-18-6-7-25(40)22(18)14-19/h3-5,9,13-16,25,40H,1,6-8,10-12,17H2,2H3. The molecule has 0 spiro atoms. The van der Waals surface area contributed by atoms with Gasteiger partial charge >= 0.3 is 0 Å². The number of amides is 1. The lowest BCUT2D eigenvalue weighted by atomic mass is 9.96. The van der Waals surface area contributed by atoms with Crippen molar-refractivity contribution in [2.75, 3.05) is 26.9 Å². The number of hydrogen-bond donors (Lipinski definition) is 1. The number of fused-ring (bicyclic) bond motifs is 3. The molecule has 0 radical (unpaired) electrons. The van der Waals surface area contributed by atoms with Crippen molar-refractivity contribution in [1.82, 2.24) is 14.9 Å². The minimum Gasteiger partial charge on any atom is -0.490 e. The highest BCUT2D eigenvalue weighted by molar-refractivity contribution is 7.18. The molecule has 0 saturated carbocycles. The van der Waals surface area contributed by atoms with Gasteiger partial charge in [0.25, 0.3) is 0 Å². The smallest absolute Gasteiger partial charge is 0.246 e. The Morgan fingerprint density at radius 2 is 2.00 bits per heavy atom. The number of halogens is 2. The summed E-state index contributed by atoms with van der Waals surface area (Å²) in [5, 5.41) is 13.9. The average molecular weight is 646 g/mol. The van der Waals surface area contributed by atoms with Crippen LogP contribution < -0.4 is 4.74 Å². The van der Waals surface area contributed by atoms with Crippen LogP contribution in [0.25, 0.3) is 43.2 Å². The fraction of sp³-hybridized carbons (Fsp3) is 0.265. The number of methoxy groups -OCH3 is 1. The van der Waals surface area contributed by atoms with E-state index >= 15 is 4.39 Å². The molecule has 1 amide bonds. The molecule has 0 bridgehead atoms. The molecule has 230 valence electrons. The van der Waals surface area contributed by atoms with Crippen LogP contribution in [0.5, 0.6) is 5.75 Å². The van der Waals surface area contributed by atoms with Crippen molar-refractivity contribution in [2.24, 2.45) is 0 Å². The Morgan fingerprint density at radius 1 is 1.13 bits per heavy atom. The molecule has 45 heavy (non-hydrogen) atoms. The molecule has 3 aromatic heterocycles. The van der Waals surface area contributed by atoms with Crippen molar-refractivity contribution >= 4 is 38.7 Å². The van der Waals surface area contributed by atoms with Crippen molar-refractivity contribution in [3.8, 4) is 38.8 Å². The van der Waals surface area contributed by atoms with Gasteiger partial charge in [0.05, 0.1) is 36.2 Å². The average Bonchev–Trinajstić information content (AvgIpc) is 3.78. The number of carbonyl (C=O) groups is 1. The lowest BCUT2D eigenvalue weighted by Crippen LogP contribution is -2.34. The number of aliphatic hydroxyl groups excluding tert-OH is 1. The fourth-order valence-electron chi connectivity index (χ4n) is 6.11. The van der Waals surface area contributed by atoms with Crippen LogP contribution in [-0.2, 0) is 28.9 Å². The lowest BCUT2D eigenvalue weighted by Gasteiger charge is -2.24. The molecule has 7 nitrogen and oxygen atoms in total. The summed E-state index contributed by atoms with van der Waals surface area (Å²) in [5.41, 5.74) is 5.35. The monoisotopic (exact) mass is 645 g/mol. The zero-order valence-corrected chi connectivity index (χ0v) is 26.1. The predicted molar refractivity (Wildman–Crippen MR) is 171 cm³/mol. The summed E-state index contributed by atoms with van der Waals surface area (Å²) in [5.74, 6) is -1.65. The highest BCUT2D eigenvalue weighted by Gasteiger charge is 2.30. The first-order valence-corrected chi connectivity index (χ1v) is 16.3. The Labute approximate surface area is 266 Å². The summed E-state index contributed by atoms with van der Waals surface area (Å²) in [6.45, 7) is 4.85. The maximum Gasteiger partial charge on any atom is 0.246 e.